The molecule has 0 aliphatic carbocycles. The molecule has 0 bridgehead atoms. The highest BCUT2D eigenvalue weighted by molar-refractivity contribution is 9.11. The molecule has 17 heavy (non-hydrogen) atoms. The highest BCUT2D eigenvalue weighted by Gasteiger charge is 2.22. The van der Waals surface area contributed by atoms with E-state index in [1.54, 1.807) is 11.3 Å². The van der Waals surface area contributed by atoms with Gasteiger partial charge in [0, 0.05) is 24.0 Å². The number of thiophene rings is 1. The fourth-order valence-corrected chi connectivity index (χ4v) is 3.22. The minimum absolute atomic E-state index is 0.264. The molecular weight excluding hydrogens is 300 g/mol. The molecule has 0 aromatic carbocycles. The lowest BCUT2D eigenvalue weighted by atomic mass is 10.1. The number of rotatable bonds is 6. The van der Waals surface area contributed by atoms with Gasteiger partial charge in [0.05, 0.1) is 9.39 Å². The zero-order chi connectivity index (χ0) is 13.1. The van der Waals surface area contributed by atoms with Crippen LogP contribution in [0.25, 0.3) is 0 Å². The van der Waals surface area contributed by atoms with Gasteiger partial charge in [-0.05, 0) is 56.0 Å². The highest BCUT2D eigenvalue weighted by atomic mass is 79.9. The van der Waals surface area contributed by atoms with Crippen LogP contribution in [-0.2, 0) is 0 Å². The molecule has 1 heterocycles. The molecule has 0 fully saturated rings. The van der Waals surface area contributed by atoms with E-state index in [0.29, 0.717) is 13.1 Å². The quantitative estimate of drug-likeness (QED) is 0.845. The Bertz CT molecular complexity index is 352. The lowest BCUT2D eigenvalue weighted by molar-refractivity contribution is 0.0318. The Kier molecular flexibility index (Phi) is 5.60. The molecule has 2 N–H and O–H groups in total. The summed E-state index contributed by atoms with van der Waals surface area (Å²) >= 11 is 5.18. The van der Waals surface area contributed by atoms with Crippen LogP contribution in [-0.4, -0.2) is 42.8 Å². The normalized spacial score (nSPS) is 17.1. The molecule has 0 saturated heterocycles. The fraction of sp³-hybridized carbons (Fsp3) is 0.667. The van der Waals surface area contributed by atoms with Crippen molar-refractivity contribution in [2.75, 3.05) is 27.2 Å². The summed E-state index contributed by atoms with van der Waals surface area (Å²) in [5.74, 6) is 0. The van der Waals surface area contributed by atoms with Crippen molar-refractivity contribution in [3.8, 4) is 0 Å². The molecule has 0 saturated carbocycles. The first-order valence-electron chi connectivity index (χ1n) is 5.66. The van der Waals surface area contributed by atoms with Gasteiger partial charge in [0.2, 0.25) is 0 Å². The van der Waals surface area contributed by atoms with Gasteiger partial charge in [-0.1, -0.05) is 0 Å². The SMILES string of the molecule is CC(NCC(C)(O)CN(C)C)c1ccc(Br)s1. The summed E-state index contributed by atoms with van der Waals surface area (Å²) in [4.78, 5) is 3.27. The van der Waals surface area contributed by atoms with Crippen LogP contribution in [0.4, 0.5) is 0 Å². The van der Waals surface area contributed by atoms with E-state index >= 15 is 0 Å². The second-order valence-electron chi connectivity index (χ2n) is 4.98. The zero-order valence-corrected chi connectivity index (χ0v) is 13.2. The standard InChI is InChI=1S/C12H21BrN2OS/c1-9(10-5-6-11(13)17-10)14-7-12(2,16)8-15(3)4/h5-6,9,14,16H,7-8H2,1-4H3. The summed E-state index contributed by atoms with van der Waals surface area (Å²) in [7, 11) is 3.93. The van der Waals surface area contributed by atoms with Gasteiger partial charge >= 0.3 is 0 Å². The van der Waals surface area contributed by atoms with E-state index in [1.807, 2.05) is 25.9 Å². The summed E-state index contributed by atoms with van der Waals surface area (Å²) < 4.78 is 1.14. The van der Waals surface area contributed by atoms with Crippen molar-refractivity contribution in [3.63, 3.8) is 0 Å². The predicted molar refractivity (Wildman–Crippen MR) is 77.6 cm³/mol. The van der Waals surface area contributed by atoms with Gasteiger partial charge in [-0.3, -0.25) is 0 Å². The third-order valence-electron chi connectivity index (χ3n) is 2.47. The molecule has 0 aliphatic heterocycles. The summed E-state index contributed by atoms with van der Waals surface area (Å²) in [6.45, 7) is 5.21. The van der Waals surface area contributed by atoms with Gasteiger partial charge in [-0.15, -0.1) is 11.3 Å². The number of nitrogens with one attached hydrogen (secondary N) is 1. The van der Waals surface area contributed by atoms with Gasteiger partial charge in [0.1, 0.15) is 0 Å². The van der Waals surface area contributed by atoms with Gasteiger partial charge in [0.15, 0.2) is 0 Å². The highest BCUT2D eigenvalue weighted by Crippen LogP contribution is 2.27. The summed E-state index contributed by atoms with van der Waals surface area (Å²) in [5.41, 5.74) is -0.702. The van der Waals surface area contributed by atoms with Crippen molar-refractivity contribution in [3.05, 3.63) is 20.8 Å². The average molecular weight is 321 g/mol. The Balaban J connectivity index is 2.45. The van der Waals surface area contributed by atoms with Crippen molar-refractivity contribution in [1.82, 2.24) is 10.2 Å². The van der Waals surface area contributed by atoms with Crippen LogP contribution in [0.15, 0.2) is 15.9 Å². The average Bonchev–Trinajstić information content (AvgIpc) is 2.59. The minimum atomic E-state index is -0.702. The van der Waals surface area contributed by atoms with E-state index in [-0.39, 0.29) is 6.04 Å². The molecule has 3 nitrogen and oxygen atoms in total. The molecule has 2 unspecified atom stereocenters. The predicted octanol–water partition coefficient (Wildman–Crippen LogP) is 2.47. The maximum absolute atomic E-state index is 10.2. The molecule has 1 aromatic heterocycles. The van der Waals surface area contributed by atoms with E-state index in [2.05, 4.69) is 40.3 Å². The molecule has 2 atom stereocenters. The third kappa shape index (κ3) is 5.48. The molecule has 1 rings (SSSR count). The zero-order valence-electron chi connectivity index (χ0n) is 10.8. The van der Waals surface area contributed by atoms with Gasteiger partial charge < -0.3 is 15.3 Å². The van der Waals surface area contributed by atoms with Crippen LogP contribution < -0.4 is 5.32 Å². The van der Waals surface area contributed by atoms with Crippen molar-refractivity contribution in [1.29, 1.82) is 0 Å². The third-order valence-corrected chi connectivity index (χ3v) is 4.27. The van der Waals surface area contributed by atoms with E-state index < -0.39 is 5.60 Å². The Morgan fingerprint density at radius 3 is 2.65 bits per heavy atom. The molecule has 98 valence electrons. The van der Waals surface area contributed by atoms with Crippen molar-refractivity contribution < 1.29 is 5.11 Å². The second-order valence-corrected chi connectivity index (χ2v) is 7.47. The number of halogens is 1. The number of aliphatic hydroxyl groups is 1. The maximum Gasteiger partial charge on any atom is 0.0869 e. The first-order valence-corrected chi connectivity index (χ1v) is 7.27. The van der Waals surface area contributed by atoms with Crippen LogP contribution in [0, 0.1) is 0 Å². The Morgan fingerprint density at radius 1 is 1.53 bits per heavy atom. The molecule has 0 spiro atoms. The van der Waals surface area contributed by atoms with Crippen LogP contribution >= 0.6 is 27.3 Å². The lowest BCUT2D eigenvalue weighted by Gasteiger charge is -2.28. The van der Waals surface area contributed by atoms with Crippen LogP contribution in [0.1, 0.15) is 24.8 Å². The lowest BCUT2D eigenvalue weighted by Crippen LogP contribution is -2.46. The van der Waals surface area contributed by atoms with E-state index in [1.165, 1.54) is 4.88 Å². The maximum atomic E-state index is 10.2. The van der Waals surface area contributed by atoms with Crippen molar-refractivity contribution in [2.45, 2.75) is 25.5 Å². The Hall–Kier alpha value is 0.0600. The second kappa shape index (κ2) is 6.29. The number of likely N-dealkylation sites (N-methyl/N-ethyl adjacent to an activating group) is 1. The largest absolute Gasteiger partial charge is 0.388 e. The van der Waals surface area contributed by atoms with E-state index in [0.717, 1.165) is 3.79 Å². The first-order chi connectivity index (χ1) is 7.80. The van der Waals surface area contributed by atoms with Gasteiger partial charge in [-0.25, -0.2) is 0 Å². The number of hydrogen-bond donors (Lipinski definition) is 2. The summed E-state index contributed by atoms with van der Waals surface area (Å²) in [6.07, 6.45) is 0. The Morgan fingerprint density at radius 2 is 2.18 bits per heavy atom. The molecular formula is C12H21BrN2OS. The molecule has 1 aromatic rings. The van der Waals surface area contributed by atoms with Crippen LogP contribution in [0.5, 0.6) is 0 Å². The monoisotopic (exact) mass is 320 g/mol. The van der Waals surface area contributed by atoms with Gasteiger partial charge in [-0.2, -0.15) is 0 Å². The molecule has 0 radical (unpaired) electrons. The van der Waals surface area contributed by atoms with Crippen molar-refractivity contribution in [2.24, 2.45) is 0 Å². The molecule has 5 heteroatoms. The first kappa shape index (κ1) is 15.1. The summed E-state index contributed by atoms with van der Waals surface area (Å²) in [6, 6.07) is 4.42. The Labute approximate surface area is 116 Å². The topological polar surface area (TPSA) is 35.5 Å². The van der Waals surface area contributed by atoms with E-state index in [9.17, 15) is 5.11 Å². The minimum Gasteiger partial charge on any atom is -0.388 e. The molecule has 0 amide bonds. The number of hydrogen-bond acceptors (Lipinski definition) is 4. The van der Waals surface area contributed by atoms with Gasteiger partial charge in [0.25, 0.3) is 0 Å². The molecule has 0 aliphatic rings. The van der Waals surface area contributed by atoms with Crippen LogP contribution in [0.3, 0.4) is 0 Å². The fourth-order valence-electron chi connectivity index (χ4n) is 1.77. The smallest absolute Gasteiger partial charge is 0.0869 e. The number of nitrogens with zero attached hydrogens (tertiary/aromatic N) is 1. The van der Waals surface area contributed by atoms with Crippen molar-refractivity contribution >= 4 is 27.3 Å². The summed E-state index contributed by atoms with van der Waals surface area (Å²) in [5, 5.41) is 13.5. The van der Waals surface area contributed by atoms with E-state index in [4.69, 9.17) is 0 Å². The van der Waals surface area contributed by atoms with Crippen LogP contribution in [0.2, 0.25) is 0 Å².